The minimum absolute atomic E-state index is 0.706. The van der Waals surface area contributed by atoms with E-state index in [9.17, 15) is 0 Å². The van der Waals surface area contributed by atoms with Crippen molar-refractivity contribution in [3.8, 4) is 67.3 Å². The first kappa shape index (κ1) is 31.6. The summed E-state index contributed by atoms with van der Waals surface area (Å²) in [6.07, 6.45) is 0. The molecule has 0 saturated heterocycles. The highest BCUT2D eigenvalue weighted by Crippen LogP contribution is 2.43. The van der Waals surface area contributed by atoms with Gasteiger partial charge < -0.3 is 0 Å². The van der Waals surface area contributed by atoms with E-state index in [2.05, 4.69) is 194 Å². The highest BCUT2D eigenvalue weighted by molar-refractivity contribution is 6.28. The molecule has 10 aromatic rings. The van der Waals surface area contributed by atoms with Crippen molar-refractivity contribution in [2.24, 2.45) is 0 Å². The number of hydrogen-bond acceptors (Lipinski definition) is 2. The predicted molar refractivity (Wildman–Crippen MR) is 227 cm³/mol. The molecule has 0 aliphatic heterocycles. The van der Waals surface area contributed by atoms with Gasteiger partial charge in [-0.1, -0.05) is 188 Å². The lowest BCUT2D eigenvalue weighted by Crippen LogP contribution is -1.98. The molecular formula is C52H34N2. The Hall–Kier alpha value is -7.16. The third kappa shape index (κ3) is 5.71. The van der Waals surface area contributed by atoms with Gasteiger partial charge in [0.1, 0.15) is 0 Å². The van der Waals surface area contributed by atoms with E-state index in [4.69, 9.17) is 9.97 Å². The van der Waals surface area contributed by atoms with Crippen LogP contribution in [0.15, 0.2) is 206 Å². The second-order valence-corrected chi connectivity index (χ2v) is 13.8. The molecule has 10 rings (SSSR count). The standard InChI is InChI=1S/C52H34N2/c1-4-14-35(15-5-1)36-24-26-37(27-25-36)38-28-30-39(31-29-38)42-32-47-45-22-11-10-20-43(45)44-21-12-13-23-46(44)51(47)48(33-42)52-53-49(40-16-6-2-7-17-40)34-50(54-52)41-18-8-3-9-19-41/h1-34H. The van der Waals surface area contributed by atoms with Crippen molar-refractivity contribution in [3.05, 3.63) is 206 Å². The van der Waals surface area contributed by atoms with Crippen molar-refractivity contribution < 1.29 is 0 Å². The lowest BCUT2D eigenvalue weighted by molar-refractivity contribution is 1.19. The number of rotatable bonds is 6. The van der Waals surface area contributed by atoms with Gasteiger partial charge in [-0.2, -0.15) is 0 Å². The lowest BCUT2D eigenvalue weighted by Gasteiger charge is -2.17. The quantitative estimate of drug-likeness (QED) is 0.163. The first-order valence-electron chi connectivity index (χ1n) is 18.4. The van der Waals surface area contributed by atoms with Gasteiger partial charge in [-0.15, -0.1) is 0 Å². The molecular weight excluding hydrogens is 653 g/mol. The molecule has 9 aromatic carbocycles. The maximum absolute atomic E-state index is 5.34. The Labute approximate surface area is 314 Å². The largest absolute Gasteiger partial charge is 0.228 e. The zero-order valence-corrected chi connectivity index (χ0v) is 29.5. The van der Waals surface area contributed by atoms with Crippen molar-refractivity contribution in [3.63, 3.8) is 0 Å². The summed E-state index contributed by atoms with van der Waals surface area (Å²) in [6, 6.07) is 73.4. The first-order valence-corrected chi connectivity index (χ1v) is 18.4. The van der Waals surface area contributed by atoms with Gasteiger partial charge in [-0.3, -0.25) is 0 Å². The van der Waals surface area contributed by atoms with E-state index in [1.165, 1.54) is 49.2 Å². The van der Waals surface area contributed by atoms with Crippen molar-refractivity contribution in [1.82, 2.24) is 9.97 Å². The second-order valence-electron chi connectivity index (χ2n) is 13.8. The van der Waals surface area contributed by atoms with Crippen LogP contribution in [-0.2, 0) is 0 Å². The normalized spacial score (nSPS) is 11.3. The molecule has 0 bridgehead atoms. The van der Waals surface area contributed by atoms with Crippen LogP contribution in [0.2, 0.25) is 0 Å². The zero-order valence-electron chi connectivity index (χ0n) is 29.5. The summed E-state index contributed by atoms with van der Waals surface area (Å²) in [5.74, 6) is 0.706. The van der Waals surface area contributed by atoms with E-state index >= 15 is 0 Å². The predicted octanol–water partition coefficient (Wildman–Crippen LogP) is 13.9. The fourth-order valence-corrected chi connectivity index (χ4v) is 7.80. The van der Waals surface area contributed by atoms with Crippen LogP contribution in [0.4, 0.5) is 0 Å². The van der Waals surface area contributed by atoms with Crippen LogP contribution in [-0.4, -0.2) is 9.97 Å². The maximum Gasteiger partial charge on any atom is 0.161 e. The SMILES string of the molecule is c1ccc(-c2ccc(-c3ccc(-c4cc(-c5nc(-c6ccccc6)cc(-c6ccccc6)n5)c5c6ccccc6c6ccccc6c5c4)cc3)cc2)cc1. The lowest BCUT2D eigenvalue weighted by atomic mass is 9.88. The third-order valence-corrected chi connectivity index (χ3v) is 10.5. The maximum atomic E-state index is 5.34. The van der Waals surface area contributed by atoms with Gasteiger partial charge in [-0.25, -0.2) is 9.97 Å². The minimum Gasteiger partial charge on any atom is -0.228 e. The van der Waals surface area contributed by atoms with Crippen molar-refractivity contribution in [2.75, 3.05) is 0 Å². The van der Waals surface area contributed by atoms with Crippen LogP contribution in [0.3, 0.4) is 0 Å². The van der Waals surface area contributed by atoms with E-state index < -0.39 is 0 Å². The molecule has 0 spiro atoms. The summed E-state index contributed by atoms with van der Waals surface area (Å²) < 4.78 is 0. The van der Waals surface area contributed by atoms with Crippen LogP contribution in [0.1, 0.15) is 0 Å². The van der Waals surface area contributed by atoms with Crippen LogP contribution < -0.4 is 0 Å². The number of fused-ring (bicyclic) bond motifs is 6. The molecule has 252 valence electrons. The number of nitrogens with zero attached hydrogens (tertiary/aromatic N) is 2. The third-order valence-electron chi connectivity index (χ3n) is 10.5. The van der Waals surface area contributed by atoms with Crippen LogP contribution in [0, 0.1) is 0 Å². The zero-order chi connectivity index (χ0) is 35.8. The number of aromatic nitrogens is 2. The molecule has 0 aliphatic rings. The van der Waals surface area contributed by atoms with Crippen LogP contribution in [0.25, 0.3) is 99.6 Å². The smallest absolute Gasteiger partial charge is 0.161 e. The van der Waals surface area contributed by atoms with Crippen molar-refractivity contribution in [1.29, 1.82) is 0 Å². The van der Waals surface area contributed by atoms with Gasteiger partial charge >= 0.3 is 0 Å². The van der Waals surface area contributed by atoms with Gasteiger partial charge in [0.15, 0.2) is 5.82 Å². The Balaban J connectivity index is 1.19. The second kappa shape index (κ2) is 13.4. The number of benzene rings is 9. The first-order chi connectivity index (χ1) is 26.8. The van der Waals surface area contributed by atoms with Gasteiger partial charge in [0.05, 0.1) is 11.4 Å². The van der Waals surface area contributed by atoms with E-state index in [-0.39, 0.29) is 0 Å². The van der Waals surface area contributed by atoms with E-state index in [0.29, 0.717) is 5.82 Å². The van der Waals surface area contributed by atoms with Gasteiger partial charge in [0.25, 0.3) is 0 Å². The Morgan fingerprint density at radius 1 is 0.241 bits per heavy atom. The molecule has 54 heavy (non-hydrogen) atoms. The molecule has 0 amide bonds. The fourth-order valence-electron chi connectivity index (χ4n) is 7.80. The average Bonchev–Trinajstić information content (AvgIpc) is 3.27. The Morgan fingerprint density at radius 3 is 1.07 bits per heavy atom. The molecule has 0 N–H and O–H groups in total. The van der Waals surface area contributed by atoms with E-state index in [1.54, 1.807) is 0 Å². The minimum atomic E-state index is 0.706. The fraction of sp³-hybridized carbons (Fsp3) is 0. The van der Waals surface area contributed by atoms with Gasteiger partial charge in [-0.05, 0) is 78.5 Å². The highest BCUT2D eigenvalue weighted by Gasteiger charge is 2.19. The molecule has 0 unspecified atom stereocenters. The van der Waals surface area contributed by atoms with E-state index in [0.717, 1.165) is 44.6 Å². The Bertz CT molecular complexity index is 2880. The molecule has 2 nitrogen and oxygen atoms in total. The van der Waals surface area contributed by atoms with E-state index in [1.807, 2.05) is 12.1 Å². The topological polar surface area (TPSA) is 25.8 Å². The monoisotopic (exact) mass is 686 g/mol. The molecule has 0 fully saturated rings. The summed E-state index contributed by atoms with van der Waals surface area (Å²) in [4.78, 5) is 10.7. The summed E-state index contributed by atoms with van der Waals surface area (Å²) in [7, 11) is 0. The molecule has 1 aromatic heterocycles. The Kier molecular flexibility index (Phi) is 7.85. The summed E-state index contributed by atoms with van der Waals surface area (Å²) in [6.45, 7) is 0. The van der Waals surface area contributed by atoms with Gasteiger partial charge in [0, 0.05) is 22.1 Å². The summed E-state index contributed by atoms with van der Waals surface area (Å²) in [5.41, 5.74) is 12.0. The Morgan fingerprint density at radius 2 is 0.593 bits per heavy atom. The van der Waals surface area contributed by atoms with Crippen molar-refractivity contribution >= 4 is 32.3 Å². The molecule has 0 radical (unpaired) electrons. The number of hydrogen-bond donors (Lipinski definition) is 0. The molecule has 1 heterocycles. The van der Waals surface area contributed by atoms with Gasteiger partial charge in [0.2, 0.25) is 0 Å². The molecule has 0 aliphatic carbocycles. The average molecular weight is 687 g/mol. The summed E-state index contributed by atoms with van der Waals surface area (Å²) >= 11 is 0. The molecule has 0 atom stereocenters. The molecule has 0 saturated carbocycles. The van der Waals surface area contributed by atoms with Crippen LogP contribution >= 0.6 is 0 Å². The van der Waals surface area contributed by atoms with Crippen molar-refractivity contribution in [2.45, 2.75) is 0 Å². The summed E-state index contributed by atoms with van der Waals surface area (Å²) in [5, 5.41) is 7.21. The molecule has 2 heteroatoms. The highest BCUT2D eigenvalue weighted by atomic mass is 14.9. The van der Waals surface area contributed by atoms with Crippen LogP contribution in [0.5, 0.6) is 0 Å².